The number of thiazole rings is 1. The third-order valence-corrected chi connectivity index (χ3v) is 4.25. The number of nitrogens with zero attached hydrogens (tertiary/aromatic N) is 2. The van der Waals surface area contributed by atoms with Crippen LogP contribution in [0.4, 0.5) is 13.2 Å². The van der Waals surface area contributed by atoms with Crippen LogP contribution in [0.1, 0.15) is 23.3 Å². The molecule has 1 aliphatic rings. The van der Waals surface area contributed by atoms with E-state index in [-0.39, 0.29) is 22.5 Å². The zero-order chi connectivity index (χ0) is 15.6. The number of aromatic amines is 1. The smallest absolute Gasteiger partial charge is 0.337 e. The maximum atomic E-state index is 12.3. The van der Waals surface area contributed by atoms with Gasteiger partial charge in [-0.05, 0) is 12.8 Å². The largest absolute Gasteiger partial charge is 0.401 e. The van der Waals surface area contributed by atoms with Gasteiger partial charge in [-0.25, -0.2) is 0 Å². The number of H-pyrrole nitrogens is 1. The van der Waals surface area contributed by atoms with Gasteiger partial charge in [0.05, 0.1) is 6.54 Å². The number of rotatable bonds is 3. The van der Waals surface area contributed by atoms with Crippen LogP contribution in [0.3, 0.4) is 0 Å². The summed E-state index contributed by atoms with van der Waals surface area (Å²) in [6.07, 6.45) is -3.20. The molecular weight excluding hydrogens is 307 g/mol. The Bertz CT molecular complexity index is 546. The molecule has 21 heavy (non-hydrogen) atoms. The molecule has 5 nitrogen and oxygen atoms in total. The first-order valence-electron chi connectivity index (χ1n) is 6.50. The van der Waals surface area contributed by atoms with Gasteiger partial charge in [0.2, 0.25) is 0 Å². The number of likely N-dealkylation sites (tertiary alicyclic amines) is 1. The summed E-state index contributed by atoms with van der Waals surface area (Å²) >= 11 is 0.912. The van der Waals surface area contributed by atoms with E-state index in [4.69, 9.17) is 0 Å². The second-order valence-corrected chi connectivity index (χ2v) is 5.94. The summed E-state index contributed by atoms with van der Waals surface area (Å²) in [7, 11) is 1.61. The normalized spacial score (nSPS) is 17.9. The zero-order valence-electron chi connectivity index (χ0n) is 11.4. The van der Waals surface area contributed by atoms with Gasteiger partial charge in [0.25, 0.3) is 5.91 Å². The molecule has 0 aromatic carbocycles. The van der Waals surface area contributed by atoms with Crippen LogP contribution in [0, 0.1) is 0 Å². The fourth-order valence-electron chi connectivity index (χ4n) is 2.46. The molecule has 1 N–H and O–H groups in total. The summed E-state index contributed by atoms with van der Waals surface area (Å²) in [5.41, 5.74) is 0.227. The standard InChI is InChI=1S/C12H16F3N3O2S/c1-17(10(19)9-6-21-11(20)16-9)8-2-4-18(5-3-8)7-12(13,14)15/h6,8H,2-5,7H2,1H3,(H,16,20). The number of aromatic nitrogens is 1. The average molecular weight is 323 g/mol. The van der Waals surface area contributed by atoms with E-state index in [2.05, 4.69) is 4.98 Å². The molecule has 1 aromatic heterocycles. The first kappa shape index (κ1) is 16.0. The van der Waals surface area contributed by atoms with Crippen molar-refractivity contribution in [2.45, 2.75) is 25.1 Å². The van der Waals surface area contributed by atoms with Crippen LogP contribution < -0.4 is 4.87 Å². The quantitative estimate of drug-likeness (QED) is 0.918. The molecule has 9 heteroatoms. The van der Waals surface area contributed by atoms with Crippen LogP contribution in [0.2, 0.25) is 0 Å². The van der Waals surface area contributed by atoms with Crippen molar-refractivity contribution in [1.82, 2.24) is 14.8 Å². The maximum absolute atomic E-state index is 12.3. The van der Waals surface area contributed by atoms with E-state index in [0.29, 0.717) is 25.9 Å². The molecule has 118 valence electrons. The number of hydrogen-bond donors (Lipinski definition) is 1. The molecule has 0 aliphatic carbocycles. The van der Waals surface area contributed by atoms with E-state index < -0.39 is 12.7 Å². The van der Waals surface area contributed by atoms with Gasteiger partial charge in [0.1, 0.15) is 5.69 Å². The molecule has 0 bridgehead atoms. The minimum atomic E-state index is -4.19. The fraction of sp³-hybridized carbons (Fsp3) is 0.667. The Morgan fingerprint density at radius 3 is 2.57 bits per heavy atom. The van der Waals surface area contributed by atoms with Gasteiger partial charge in [-0.15, -0.1) is 0 Å². The van der Waals surface area contributed by atoms with Gasteiger partial charge >= 0.3 is 11.0 Å². The predicted octanol–water partition coefficient (Wildman–Crippen LogP) is 1.54. The van der Waals surface area contributed by atoms with Gasteiger partial charge in [-0.2, -0.15) is 13.2 Å². The molecule has 1 amide bonds. The lowest BCUT2D eigenvalue weighted by Gasteiger charge is -2.36. The minimum Gasteiger partial charge on any atom is -0.337 e. The van der Waals surface area contributed by atoms with Gasteiger partial charge in [0, 0.05) is 31.6 Å². The highest BCUT2D eigenvalue weighted by Gasteiger charge is 2.34. The van der Waals surface area contributed by atoms with Gasteiger partial charge in [0.15, 0.2) is 0 Å². The molecule has 1 fully saturated rings. The highest BCUT2D eigenvalue weighted by Crippen LogP contribution is 2.22. The number of carbonyl (C=O) groups excluding carboxylic acids is 1. The third-order valence-electron chi connectivity index (χ3n) is 3.58. The molecule has 0 radical (unpaired) electrons. The lowest BCUT2D eigenvalue weighted by Crippen LogP contribution is -2.47. The summed E-state index contributed by atoms with van der Waals surface area (Å²) in [4.78, 5) is 28.2. The highest BCUT2D eigenvalue weighted by atomic mass is 32.1. The van der Waals surface area contributed by atoms with Gasteiger partial charge in [-0.1, -0.05) is 11.3 Å². The Hall–Kier alpha value is -1.35. The SMILES string of the molecule is CN(C(=O)c1csc(=O)[nH]1)C1CCN(CC(F)(F)F)CC1. The number of carbonyl (C=O) groups is 1. The first-order valence-corrected chi connectivity index (χ1v) is 7.38. The third kappa shape index (κ3) is 4.31. The number of halogens is 3. The van der Waals surface area contributed by atoms with Crippen molar-refractivity contribution in [2.24, 2.45) is 0 Å². The van der Waals surface area contributed by atoms with Crippen LogP contribution in [-0.2, 0) is 0 Å². The Labute approximate surface area is 123 Å². The summed E-state index contributed by atoms with van der Waals surface area (Å²) in [6.45, 7) is -0.293. The topological polar surface area (TPSA) is 56.4 Å². The van der Waals surface area contributed by atoms with Crippen molar-refractivity contribution in [1.29, 1.82) is 0 Å². The van der Waals surface area contributed by atoms with E-state index in [1.165, 1.54) is 15.2 Å². The minimum absolute atomic E-state index is 0.106. The number of amides is 1. The van der Waals surface area contributed by atoms with Crippen LogP contribution in [0.15, 0.2) is 10.2 Å². The Morgan fingerprint density at radius 2 is 2.10 bits per heavy atom. The summed E-state index contributed by atoms with van der Waals surface area (Å²) in [5, 5.41) is 1.46. The first-order chi connectivity index (χ1) is 9.76. The van der Waals surface area contributed by atoms with E-state index in [0.717, 1.165) is 11.3 Å². The van der Waals surface area contributed by atoms with Crippen LogP contribution in [-0.4, -0.2) is 59.6 Å². The van der Waals surface area contributed by atoms with Crippen LogP contribution >= 0.6 is 11.3 Å². The predicted molar refractivity (Wildman–Crippen MR) is 72.6 cm³/mol. The highest BCUT2D eigenvalue weighted by molar-refractivity contribution is 7.07. The molecule has 0 spiro atoms. The second-order valence-electron chi connectivity index (χ2n) is 5.10. The monoisotopic (exact) mass is 323 g/mol. The molecule has 2 heterocycles. The lowest BCUT2D eigenvalue weighted by molar-refractivity contribution is -0.148. The van der Waals surface area contributed by atoms with Crippen LogP contribution in [0.5, 0.6) is 0 Å². The van der Waals surface area contributed by atoms with Crippen molar-refractivity contribution in [3.63, 3.8) is 0 Å². The van der Waals surface area contributed by atoms with Crippen molar-refractivity contribution in [3.05, 3.63) is 20.7 Å². The van der Waals surface area contributed by atoms with Crippen molar-refractivity contribution < 1.29 is 18.0 Å². The Morgan fingerprint density at radius 1 is 1.48 bits per heavy atom. The van der Waals surface area contributed by atoms with E-state index in [1.54, 1.807) is 7.05 Å². The molecule has 1 aliphatic heterocycles. The second kappa shape index (κ2) is 6.18. The fourth-order valence-corrected chi connectivity index (χ4v) is 3.01. The number of piperidine rings is 1. The molecule has 1 saturated heterocycles. The molecule has 0 saturated carbocycles. The lowest BCUT2D eigenvalue weighted by atomic mass is 10.0. The van der Waals surface area contributed by atoms with E-state index in [1.807, 2.05) is 0 Å². The zero-order valence-corrected chi connectivity index (χ0v) is 12.3. The molecule has 1 aromatic rings. The Balaban J connectivity index is 1.90. The van der Waals surface area contributed by atoms with Crippen LogP contribution in [0.25, 0.3) is 0 Å². The van der Waals surface area contributed by atoms with E-state index >= 15 is 0 Å². The summed E-state index contributed by atoms with van der Waals surface area (Å²) in [6, 6.07) is -0.106. The number of hydrogen-bond acceptors (Lipinski definition) is 4. The summed E-state index contributed by atoms with van der Waals surface area (Å²) < 4.78 is 36.9. The van der Waals surface area contributed by atoms with E-state index in [9.17, 15) is 22.8 Å². The number of nitrogens with one attached hydrogen (secondary N) is 1. The van der Waals surface area contributed by atoms with Gasteiger partial charge in [-0.3, -0.25) is 14.5 Å². The number of alkyl halides is 3. The molecule has 0 unspecified atom stereocenters. The van der Waals surface area contributed by atoms with Crippen molar-refractivity contribution >= 4 is 17.2 Å². The van der Waals surface area contributed by atoms with Crippen molar-refractivity contribution in [2.75, 3.05) is 26.7 Å². The Kier molecular flexibility index (Phi) is 4.72. The summed E-state index contributed by atoms with van der Waals surface area (Å²) in [5.74, 6) is -0.303. The average Bonchev–Trinajstić information content (AvgIpc) is 2.83. The molecule has 0 atom stereocenters. The molecular formula is C12H16F3N3O2S. The van der Waals surface area contributed by atoms with Crippen molar-refractivity contribution in [3.8, 4) is 0 Å². The molecule has 2 rings (SSSR count). The maximum Gasteiger partial charge on any atom is 0.401 e. The van der Waals surface area contributed by atoms with Gasteiger partial charge < -0.3 is 9.88 Å².